The summed E-state index contributed by atoms with van der Waals surface area (Å²) in [6.45, 7) is 0. The van der Waals surface area contributed by atoms with Crippen LogP contribution in [0, 0.1) is 0 Å². The van der Waals surface area contributed by atoms with Gasteiger partial charge in [0.2, 0.25) is 5.95 Å². The molecule has 326 valence electrons. The molecule has 15 rings (SSSR count). The SMILES string of the molecule is c1ccc(-c2nc(-n3c4ccccc4c4cc(-c5ccc6c(c5)c5ccccc5n6-c5ccccc5)ccc43)nc3c2sc2ccc(-c4cccc(-n5c6ccccc6c6ccccc65)c4)cc23)cc1. The highest BCUT2D eigenvalue weighted by Crippen LogP contribution is 2.43. The van der Waals surface area contributed by atoms with Gasteiger partial charge in [0.05, 0.1) is 49.0 Å². The summed E-state index contributed by atoms with van der Waals surface area (Å²) in [5.74, 6) is 0.652. The molecule has 0 amide bonds. The highest BCUT2D eigenvalue weighted by molar-refractivity contribution is 7.26. The first-order chi connectivity index (χ1) is 34.7. The van der Waals surface area contributed by atoms with Crippen molar-refractivity contribution in [2.24, 2.45) is 0 Å². The van der Waals surface area contributed by atoms with Crippen molar-refractivity contribution in [3.63, 3.8) is 0 Å². The maximum absolute atomic E-state index is 5.58. The molecule has 0 fully saturated rings. The number of rotatable bonds is 6. The number of hydrogen-bond acceptors (Lipinski definition) is 3. The van der Waals surface area contributed by atoms with E-state index >= 15 is 0 Å². The van der Waals surface area contributed by atoms with E-state index in [0.717, 1.165) is 76.7 Å². The minimum atomic E-state index is 0.652. The lowest BCUT2D eigenvalue weighted by Gasteiger charge is -2.11. The van der Waals surface area contributed by atoms with Gasteiger partial charge in [0.15, 0.2) is 0 Å². The van der Waals surface area contributed by atoms with Gasteiger partial charge in [-0.3, -0.25) is 4.57 Å². The van der Waals surface area contributed by atoms with Crippen LogP contribution in [0.1, 0.15) is 0 Å². The summed E-state index contributed by atoms with van der Waals surface area (Å²) in [7, 11) is 0. The molecule has 5 heterocycles. The quantitative estimate of drug-likeness (QED) is 0.167. The smallest absolute Gasteiger partial charge is 0.235 e. The molecule has 0 N–H and O–H groups in total. The first kappa shape index (κ1) is 38.9. The van der Waals surface area contributed by atoms with Crippen LogP contribution in [0.15, 0.2) is 237 Å². The first-order valence-corrected chi connectivity index (χ1v) is 24.5. The lowest BCUT2D eigenvalue weighted by atomic mass is 10.0. The van der Waals surface area contributed by atoms with Gasteiger partial charge >= 0.3 is 0 Å². The minimum Gasteiger partial charge on any atom is -0.309 e. The highest BCUT2D eigenvalue weighted by Gasteiger charge is 2.22. The number of fused-ring (bicyclic) bond motifs is 12. The van der Waals surface area contributed by atoms with Gasteiger partial charge in [-0.05, 0) is 107 Å². The van der Waals surface area contributed by atoms with Crippen molar-refractivity contribution in [3.8, 4) is 50.8 Å². The van der Waals surface area contributed by atoms with Crippen LogP contribution in [-0.4, -0.2) is 23.7 Å². The Kier molecular flexibility index (Phi) is 8.46. The van der Waals surface area contributed by atoms with Gasteiger partial charge in [0, 0.05) is 59.3 Å². The summed E-state index contributed by atoms with van der Waals surface area (Å²) in [6, 6.07) is 85.5. The predicted octanol–water partition coefficient (Wildman–Crippen LogP) is 17.1. The molecule has 0 saturated heterocycles. The third-order valence-electron chi connectivity index (χ3n) is 14.3. The summed E-state index contributed by atoms with van der Waals surface area (Å²) in [4.78, 5) is 11.1. The molecular weight excluding hydrogens is 871 g/mol. The van der Waals surface area contributed by atoms with E-state index in [1.165, 1.54) is 53.9 Å². The van der Waals surface area contributed by atoms with E-state index in [0.29, 0.717) is 5.95 Å². The van der Waals surface area contributed by atoms with Gasteiger partial charge in [0.1, 0.15) is 0 Å². The van der Waals surface area contributed by atoms with E-state index in [1.54, 1.807) is 11.3 Å². The second kappa shape index (κ2) is 15.2. The van der Waals surface area contributed by atoms with Gasteiger partial charge in [-0.2, -0.15) is 0 Å². The number of aromatic nitrogens is 5. The molecule has 0 spiro atoms. The van der Waals surface area contributed by atoms with E-state index in [-0.39, 0.29) is 0 Å². The van der Waals surface area contributed by atoms with E-state index in [4.69, 9.17) is 9.97 Å². The second-order valence-electron chi connectivity index (χ2n) is 18.2. The Balaban J connectivity index is 0.900. The normalized spacial score (nSPS) is 12.0. The standard InChI is InChI=1S/C64H39N5S/c1-3-16-40(17-4-1)61-63-62(53-39-44(32-35-60(53)70-63)41-18-15-21-46(36-41)68-54-26-11-7-22-47(54)48-23-8-12-27-55(48)68)66-64(65-61)69-57-29-14-10-25-50(57)52-38-43(31-34-59(52)69)42-30-33-58-51(37-42)49-24-9-13-28-56(49)67(58)45-19-5-2-6-20-45/h1-39H. The summed E-state index contributed by atoms with van der Waals surface area (Å²) in [6.07, 6.45) is 0. The Morgan fingerprint density at radius 1 is 0.286 bits per heavy atom. The molecule has 0 bridgehead atoms. The molecule has 0 unspecified atom stereocenters. The van der Waals surface area contributed by atoms with E-state index in [9.17, 15) is 0 Å². The Morgan fingerprint density at radius 2 is 0.714 bits per heavy atom. The summed E-state index contributed by atoms with van der Waals surface area (Å²) in [5.41, 5.74) is 16.8. The molecule has 0 radical (unpaired) electrons. The molecular formula is C64H39N5S. The Morgan fingerprint density at radius 3 is 1.33 bits per heavy atom. The summed E-state index contributed by atoms with van der Waals surface area (Å²) >= 11 is 1.77. The van der Waals surface area contributed by atoms with E-state index in [1.807, 2.05) is 0 Å². The minimum absolute atomic E-state index is 0.652. The van der Waals surface area contributed by atoms with Crippen LogP contribution < -0.4 is 0 Å². The largest absolute Gasteiger partial charge is 0.309 e. The van der Waals surface area contributed by atoms with Crippen molar-refractivity contribution in [1.82, 2.24) is 23.7 Å². The van der Waals surface area contributed by atoms with Crippen LogP contribution in [0.25, 0.3) is 137 Å². The fourth-order valence-corrected chi connectivity index (χ4v) is 12.2. The topological polar surface area (TPSA) is 40.6 Å². The first-order valence-electron chi connectivity index (χ1n) is 23.7. The zero-order chi connectivity index (χ0) is 45.9. The third kappa shape index (κ3) is 5.84. The van der Waals surface area contributed by atoms with Crippen LogP contribution in [0.3, 0.4) is 0 Å². The average molecular weight is 910 g/mol. The predicted molar refractivity (Wildman–Crippen MR) is 294 cm³/mol. The molecule has 0 saturated carbocycles. The molecule has 5 nitrogen and oxygen atoms in total. The molecule has 6 heteroatoms. The van der Waals surface area contributed by atoms with Crippen molar-refractivity contribution in [2.45, 2.75) is 0 Å². The van der Waals surface area contributed by atoms with E-state index in [2.05, 4.69) is 250 Å². The molecule has 15 aromatic rings. The fourth-order valence-electron chi connectivity index (χ4n) is 11.1. The van der Waals surface area contributed by atoms with Crippen molar-refractivity contribution in [2.75, 3.05) is 0 Å². The molecule has 10 aromatic carbocycles. The Labute approximate surface area is 406 Å². The molecule has 0 aliphatic rings. The molecule has 5 aromatic heterocycles. The van der Waals surface area contributed by atoms with Crippen LogP contribution in [0.5, 0.6) is 0 Å². The molecule has 0 aliphatic carbocycles. The summed E-state index contributed by atoms with van der Waals surface area (Å²) in [5, 5.41) is 8.42. The maximum atomic E-state index is 5.58. The van der Waals surface area contributed by atoms with E-state index < -0.39 is 0 Å². The van der Waals surface area contributed by atoms with Gasteiger partial charge < -0.3 is 9.13 Å². The van der Waals surface area contributed by atoms with Gasteiger partial charge in [-0.15, -0.1) is 11.3 Å². The number of nitrogens with zero attached hydrogens (tertiary/aromatic N) is 5. The number of hydrogen-bond donors (Lipinski definition) is 0. The van der Waals surface area contributed by atoms with Crippen LogP contribution >= 0.6 is 11.3 Å². The zero-order valence-corrected chi connectivity index (χ0v) is 38.5. The number of benzene rings is 10. The molecule has 0 atom stereocenters. The van der Waals surface area contributed by atoms with Crippen LogP contribution in [0.4, 0.5) is 0 Å². The Bertz CT molecular complexity index is 4540. The lowest BCUT2D eigenvalue weighted by molar-refractivity contribution is 1.02. The number of para-hydroxylation sites is 5. The van der Waals surface area contributed by atoms with Gasteiger partial charge in [-0.1, -0.05) is 152 Å². The van der Waals surface area contributed by atoms with Crippen molar-refractivity contribution in [3.05, 3.63) is 237 Å². The number of thiophene rings is 1. The monoisotopic (exact) mass is 909 g/mol. The highest BCUT2D eigenvalue weighted by atomic mass is 32.1. The second-order valence-corrected chi connectivity index (χ2v) is 19.2. The molecule has 0 aliphatic heterocycles. The third-order valence-corrected chi connectivity index (χ3v) is 15.4. The van der Waals surface area contributed by atoms with Gasteiger partial charge in [0.25, 0.3) is 0 Å². The average Bonchev–Trinajstić information content (AvgIpc) is 4.17. The Hall–Kier alpha value is -9.10. The zero-order valence-electron chi connectivity index (χ0n) is 37.7. The van der Waals surface area contributed by atoms with Crippen LogP contribution in [0.2, 0.25) is 0 Å². The van der Waals surface area contributed by atoms with Crippen molar-refractivity contribution < 1.29 is 0 Å². The summed E-state index contributed by atoms with van der Waals surface area (Å²) < 4.78 is 9.27. The van der Waals surface area contributed by atoms with Crippen molar-refractivity contribution in [1.29, 1.82) is 0 Å². The van der Waals surface area contributed by atoms with Gasteiger partial charge in [-0.25, -0.2) is 9.97 Å². The lowest BCUT2D eigenvalue weighted by Crippen LogP contribution is -2.02. The van der Waals surface area contributed by atoms with Crippen molar-refractivity contribution >= 4 is 97.1 Å². The molecule has 70 heavy (non-hydrogen) atoms. The van der Waals surface area contributed by atoms with Crippen LogP contribution in [-0.2, 0) is 0 Å². The maximum Gasteiger partial charge on any atom is 0.235 e. The fraction of sp³-hybridized carbons (Fsp3) is 0.